The van der Waals surface area contributed by atoms with Crippen LogP contribution in [0.15, 0.2) is 77.4 Å². The van der Waals surface area contributed by atoms with E-state index in [-0.39, 0.29) is 5.91 Å². The first-order chi connectivity index (χ1) is 15.5. The van der Waals surface area contributed by atoms with Crippen molar-refractivity contribution in [2.75, 3.05) is 12.0 Å². The van der Waals surface area contributed by atoms with E-state index in [1.54, 1.807) is 18.1 Å². The molecule has 6 heteroatoms. The van der Waals surface area contributed by atoms with Crippen LogP contribution < -0.4 is 9.64 Å². The zero-order chi connectivity index (χ0) is 22.2. The first-order valence-corrected chi connectivity index (χ1v) is 11.1. The van der Waals surface area contributed by atoms with Gasteiger partial charge in [-0.05, 0) is 49.2 Å². The third-order valence-electron chi connectivity index (χ3n) is 5.51. The van der Waals surface area contributed by atoms with Gasteiger partial charge in [-0.1, -0.05) is 59.9 Å². The van der Waals surface area contributed by atoms with Gasteiger partial charge < -0.3 is 4.74 Å². The number of anilines is 1. The van der Waals surface area contributed by atoms with Crippen molar-refractivity contribution in [2.45, 2.75) is 13.8 Å². The molecule has 2 heterocycles. The minimum atomic E-state index is -0.206. The van der Waals surface area contributed by atoms with Gasteiger partial charge in [0.1, 0.15) is 17.3 Å². The molecule has 0 saturated heterocycles. The van der Waals surface area contributed by atoms with Gasteiger partial charge in [-0.15, -0.1) is 0 Å². The van der Waals surface area contributed by atoms with Gasteiger partial charge in [-0.2, -0.15) is 0 Å². The fourth-order valence-electron chi connectivity index (χ4n) is 3.67. The number of methoxy groups -OCH3 is 1. The Labute approximate surface area is 190 Å². The number of aliphatic imine (C=N–C) groups is 1. The Morgan fingerprint density at radius 1 is 0.969 bits per heavy atom. The molecule has 0 fully saturated rings. The molecule has 3 aromatic carbocycles. The van der Waals surface area contributed by atoms with Gasteiger partial charge in [-0.3, -0.25) is 4.79 Å². The van der Waals surface area contributed by atoms with Crippen LogP contribution in [0.3, 0.4) is 0 Å². The monoisotopic (exact) mass is 439 g/mol. The molecule has 0 saturated carbocycles. The number of amides is 1. The second-order valence-electron chi connectivity index (χ2n) is 7.61. The van der Waals surface area contributed by atoms with Gasteiger partial charge in [0, 0.05) is 11.1 Å². The summed E-state index contributed by atoms with van der Waals surface area (Å²) < 4.78 is 6.49. The van der Waals surface area contributed by atoms with Crippen molar-refractivity contribution >= 4 is 44.5 Å². The summed E-state index contributed by atoms with van der Waals surface area (Å²) in [5.74, 6) is 1.06. The van der Waals surface area contributed by atoms with Crippen LogP contribution in [0.5, 0.6) is 5.75 Å². The number of rotatable bonds is 4. The molecule has 0 bridgehead atoms. The molecule has 4 aromatic rings. The summed E-state index contributed by atoms with van der Waals surface area (Å²) in [4.78, 5) is 24.7. The summed E-state index contributed by atoms with van der Waals surface area (Å²) in [6.45, 7) is 4.15. The van der Waals surface area contributed by atoms with Crippen LogP contribution in [0, 0.1) is 13.8 Å². The first-order valence-electron chi connectivity index (χ1n) is 10.3. The molecule has 0 atom stereocenters. The van der Waals surface area contributed by atoms with Crippen LogP contribution in [0.4, 0.5) is 5.13 Å². The molecule has 1 amide bonds. The highest BCUT2D eigenvalue weighted by atomic mass is 32.1. The van der Waals surface area contributed by atoms with Crippen molar-refractivity contribution in [1.82, 2.24) is 4.98 Å². The van der Waals surface area contributed by atoms with E-state index < -0.39 is 0 Å². The Bertz CT molecular complexity index is 1360. The standard InChI is InChI=1S/C26H21N3O2S/c1-16-13-20-23(14-17(16)2)32-26(28-20)29-24(18-9-5-4-6-10-18)27-21(25(29)30)15-19-11-7-8-12-22(19)31-3/h4-15H,1-3H3. The number of hydrogen-bond donors (Lipinski definition) is 0. The number of carbonyl (C=O) groups is 1. The molecule has 0 unspecified atom stereocenters. The van der Waals surface area contributed by atoms with Crippen LogP contribution >= 0.6 is 11.3 Å². The normalized spacial score (nSPS) is 15.0. The number of ether oxygens (including phenoxy) is 1. The molecule has 1 aliphatic heterocycles. The summed E-state index contributed by atoms with van der Waals surface area (Å²) in [7, 11) is 1.61. The van der Waals surface area contributed by atoms with Gasteiger partial charge in [-0.25, -0.2) is 14.9 Å². The maximum absolute atomic E-state index is 13.6. The molecule has 0 aliphatic carbocycles. The number of carbonyl (C=O) groups excluding carboxylic acids is 1. The number of benzene rings is 3. The van der Waals surface area contributed by atoms with Crippen molar-refractivity contribution in [1.29, 1.82) is 0 Å². The molecule has 32 heavy (non-hydrogen) atoms. The highest BCUT2D eigenvalue weighted by Crippen LogP contribution is 2.35. The number of nitrogens with zero attached hydrogens (tertiary/aromatic N) is 3. The lowest BCUT2D eigenvalue weighted by molar-refractivity contribution is -0.113. The number of aryl methyl sites for hydroxylation is 2. The van der Waals surface area contributed by atoms with Crippen LogP contribution in [-0.2, 0) is 4.79 Å². The highest BCUT2D eigenvalue weighted by Gasteiger charge is 2.34. The third kappa shape index (κ3) is 3.48. The minimum Gasteiger partial charge on any atom is -0.496 e. The Balaban J connectivity index is 1.65. The average molecular weight is 440 g/mol. The molecule has 1 aromatic heterocycles. The second kappa shape index (κ2) is 8.05. The summed E-state index contributed by atoms with van der Waals surface area (Å²) in [5, 5.41) is 0.612. The van der Waals surface area contributed by atoms with E-state index in [1.165, 1.54) is 22.5 Å². The number of para-hydroxylation sites is 1. The maximum atomic E-state index is 13.6. The number of hydrogen-bond acceptors (Lipinski definition) is 5. The van der Waals surface area contributed by atoms with Crippen LogP contribution in [0.2, 0.25) is 0 Å². The lowest BCUT2D eigenvalue weighted by atomic mass is 10.1. The molecule has 0 N–H and O–H groups in total. The Morgan fingerprint density at radius 2 is 1.69 bits per heavy atom. The van der Waals surface area contributed by atoms with Crippen LogP contribution in [0.1, 0.15) is 22.3 Å². The van der Waals surface area contributed by atoms with Gasteiger partial charge in [0.15, 0.2) is 5.13 Å². The molecular formula is C26H21N3O2S. The predicted octanol–water partition coefficient (Wildman–Crippen LogP) is 5.76. The van der Waals surface area contributed by atoms with Crippen molar-refractivity contribution in [3.8, 4) is 5.75 Å². The van der Waals surface area contributed by atoms with E-state index in [2.05, 4.69) is 26.0 Å². The third-order valence-corrected chi connectivity index (χ3v) is 6.51. The van der Waals surface area contributed by atoms with E-state index in [1.807, 2.05) is 54.6 Å². The molecule has 0 radical (unpaired) electrons. The van der Waals surface area contributed by atoms with Gasteiger partial charge in [0.25, 0.3) is 5.91 Å². The fraction of sp³-hybridized carbons (Fsp3) is 0.115. The smallest absolute Gasteiger partial charge is 0.284 e. The van der Waals surface area contributed by atoms with Gasteiger partial charge in [0.2, 0.25) is 0 Å². The highest BCUT2D eigenvalue weighted by molar-refractivity contribution is 7.22. The van der Waals surface area contributed by atoms with Gasteiger partial charge >= 0.3 is 0 Å². The molecule has 0 spiro atoms. The van der Waals surface area contributed by atoms with Crippen molar-refractivity contribution in [3.63, 3.8) is 0 Å². The zero-order valence-corrected chi connectivity index (χ0v) is 18.8. The summed E-state index contributed by atoms with van der Waals surface area (Å²) in [6, 6.07) is 21.5. The largest absolute Gasteiger partial charge is 0.496 e. The van der Waals surface area contributed by atoms with Gasteiger partial charge in [0.05, 0.1) is 17.3 Å². The number of fused-ring (bicyclic) bond motifs is 1. The number of amidine groups is 1. The SMILES string of the molecule is COc1ccccc1C=C1N=C(c2ccccc2)N(c2nc3cc(C)c(C)cc3s2)C1=O. The summed E-state index contributed by atoms with van der Waals surface area (Å²) >= 11 is 1.50. The maximum Gasteiger partial charge on any atom is 0.284 e. The lowest BCUT2D eigenvalue weighted by Crippen LogP contribution is -2.32. The van der Waals surface area contributed by atoms with Crippen molar-refractivity contribution < 1.29 is 9.53 Å². The van der Waals surface area contributed by atoms with E-state index in [0.29, 0.717) is 22.4 Å². The van der Waals surface area contributed by atoms with E-state index >= 15 is 0 Å². The number of aromatic nitrogens is 1. The lowest BCUT2D eigenvalue weighted by Gasteiger charge is -2.14. The van der Waals surface area contributed by atoms with Crippen LogP contribution in [0.25, 0.3) is 16.3 Å². The first kappa shape index (κ1) is 20.2. The Hall–Kier alpha value is -3.77. The molecule has 5 rings (SSSR count). The van der Waals surface area contributed by atoms with Crippen molar-refractivity contribution in [2.24, 2.45) is 4.99 Å². The topological polar surface area (TPSA) is 54.8 Å². The second-order valence-corrected chi connectivity index (χ2v) is 8.62. The Morgan fingerprint density at radius 3 is 2.47 bits per heavy atom. The molecule has 1 aliphatic rings. The summed E-state index contributed by atoms with van der Waals surface area (Å²) in [6.07, 6.45) is 1.77. The van der Waals surface area contributed by atoms with E-state index in [9.17, 15) is 4.79 Å². The quantitative estimate of drug-likeness (QED) is 0.380. The molecule has 5 nitrogen and oxygen atoms in total. The van der Waals surface area contributed by atoms with Crippen molar-refractivity contribution in [3.05, 3.63) is 94.7 Å². The minimum absolute atomic E-state index is 0.206. The molecule has 158 valence electrons. The predicted molar refractivity (Wildman–Crippen MR) is 131 cm³/mol. The van der Waals surface area contributed by atoms with Crippen LogP contribution in [-0.4, -0.2) is 23.8 Å². The molecular weight excluding hydrogens is 418 g/mol. The van der Waals surface area contributed by atoms with E-state index in [4.69, 9.17) is 14.7 Å². The average Bonchev–Trinajstić information content (AvgIpc) is 3.35. The van der Waals surface area contributed by atoms with E-state index in [0.717, 1.165) is 21.3 Å². The Kier molecular flexibility index (Phi) is 5.07. The fourth-order valence-corrected chi connectivity index (χ4v) is 4.72. The number of thiazole rings is 1. The summed E-state index contributed by atoms with van der Waals surface area (Å²) in [5.41, 5.74) is 5.27. The zero-order valence-electron chi connectivity index (χ0n) is 18.0.